The zero-order valence-corrected chi connectivity index (χ0v) is 7.16. The van der Waals surface area contributed by atoms with E-state index in [1.165, 1.54) is 7.11 Å². The molecular weight excluding hydrogens is 168 g/mol. The number of hydrogen-bond acceptors (Lipinski definition) is 3. The van der Waals surface area contributed by atoms with Crippen molar-refractivity contribution in [2.75, 3.05) is 7.11 Å². The Bertz CT molecular complexity index is 473. The molecule has 2 rings (SSSR count). The molecule has 1 aromatic carbocycles. The highest BCUT2D eigenvalue weighted by molar-refractivity contribution is 6.10. The summed E-state index contributed by atoms with van der Waals surface area (Å²) in [4.78, 5) is 11.2. The van der Waals surface area contributed by atoms with Crippen LogP contribution in [0.15, 0.2) is 18.2 Å². The predicted octanol–water partition coefficient (Wildman–Crippen LogP) is -0.230. The van der Waals surface area contributed by atoms with Gasteiger partial charge in [-0.15, -0.1) is 0 Å². The van der Waals surface area contributed by atoms with Crippen LogP contribution in [0.4, 0.5) is 0 Å². The molecule has 13 heavy (non-hydrogen) atoms. The van der Waals surface area contributed by atoms with Gasteiger partial charge in [0.15, 0.2) is 0 Å². The van der Waals surface area contributed by atoms with E-state index in [9.17, 15) is 4.79 Å². The van der Waals surface area contributed by atoms with Crippen LogP contribution >= 0.6 is 0 Å². The summed E-state index contributed by atoms with van der Waals surface area (Å²) in [5.74, 6) is 0.309. The maximum Gasteiger partial charge on any atom is 0.379 e. The number of hydrogen-bond donors (Lipinski definition) is 0. The second kappa shape index (κ2) is 2.62. The molecular formula is C10H8O3. The fourth-order valence-corrected chi connectivity index (χ4v) is 1.35. The second-order valence-corrected chi connectivity index (χ2v) is 2.71. The molecule has 1 heterocycles. The molecule has 0 saturated carbocycles. The Balaban J connectivity index is 2.89. The first kappa shape index (κ1) is 7.86. The Morgan fingerprint density at radius 3 is 2.92 bits per heavy atom. The lowest BCUT2D eigenvalue weighted by atomic mass is 10.2. The van der Waals surface area contributed by atoms with Crippen LogP contribution in [0.2, 0.25) is 0 Å². The van der Waals surface area contributed by atoms with Crippen molar-refractivity contribution < 1.29 is 14.3 Å². The Labute approximate surface area is 74.9 Å². The van der Waals surface area contributed by atoms with E-state index in [-0.39, 0.29) is 5.76 Å². The van der Waals surface area contributed by atoms with Crippen molar-refractivity contribution in [1.29, 1.82) is 0 Å². The summed E-state index contributed by atoms with van der Waals surface area (Å²) >= 11 is 0. The van der Waals surface area contributed by atoms with Gasteiger partial charge in [0.1, 0.15) is 5.75 Å². The molecule has 0 aromatic heterocycles. The molecule has 0 fully saturated rings. The van der Waals surface area contributed by atoms with E-state index in [2.05, 4.69) is 6.58 Å². The smallest absolute Gasteiger partial charge is 0.379 e. The van der Waals surface area contributed by atoms with Crippen LogP contribution in [-0.2, 0) is 9.53 Å². The first-order valence-corrected chi connectivity index (χ1v) is 3.82. The fraction of sp³-hybridized carbons (Fsp3) is 0.100. The first-order chi connectivity index (χ1) is 6.24. The Morgan fingerprint density at radius 1 is 1.46 bits per heavy atom. The average molecular weight is 176 g/mol. The summed E-state index contributed by atoms with van der Waals surface area (Å²) in [5, 5.41) is 1.40. The SMILES string of the molecule is C=c1cccc2c1=C(OC)C(=O)O2. The number of ether oxygens (including phenoxy) is 2. The van der Waals surface area contributed by atoms with Crippen LogP contribution in [0.25, 0.3) is 12.3 Å². The fourth-order valence-electron chi connectivity index (χ4n) is 1.35. The lowest BCUT2D eigenvalue weighted by molar-refractivity contribution is -0.129. The summed E-state index contributed by atoms with van der Waals surface area (Å²) in [7, 11) is 1.44. The maximum atomic E-state index is 11.2. The van der Waals surface area contributed by atoms with Gasteiger partial charge in [-0.2, -0.15) is 0 Å². The van der Waals surface area contributed by atoms with Crippen LogP contribution in [0.1, 0.15) is 0 Å². The Kier molecular flexibility index (Phi) is 1.59. The van der Waals surface area contributed by atoms with Gasteiger partial charge in [0.2, 0.25) is 5.76 Å². The molecule has 0 bridgehead atoms. The zero-order chi connectivity index (χ0) is 9.42. The maximum absolute atomic E-state index is 11.2. The van der Waals surface area contributed by atoms with Crippen LogP contribution in [0, 0.1) is 0 Å². The van der Waals surface area contributed by atoms with Gasteiger partial charge in [0, 0.05) is 0 Å². The van der Waals surface area contributed by atoms with Gasteiger partial charge in [-0.1, -0.05) is 18.7 Å². The monoisotopic (exact) mass is 176 g/mol. The lowest BCUT2D eigenvalue weighted by Crippen LogP contribution is -2.24. The Morgan fingerprint density at radius 2 is 2.23 bits per heavy atom. The van der Waals surface area contributed by atoms with Crippen molar-refractivity contribution >= 4 is 18.3 Å². The highest BCUT2D eigenvalue weighted by Gasteiger charge is 2.23. The summed E-state index contributed by atoms with van der Waals surface area (Å²) in [6, 6.07) is 5.31. The van der Waals surface area contributed by atoms with Crippen molar-refractivity contribution in [2.45, 2.75) is 0 Å². The van der Waals surface area contributed by atoms with Gasteiger partial charge < -0.3 is 9.47 Å². The standard InChI is InChI=1S/C10H8O3/c1-6-4-3-5-7-8(6)9(12-2)10(11)13-7/h3-5H,1H2,2H3. The molecule has 3 heteroatoms. The third-order valence-corrected chi connectivity index (χ3v) is 1.93. The highest BCUT2D eigenvalue weighted by Crippen LogP contribution is 2.12. The van der Waals surface area contributed by atoms with Crippen molar-refractivity contribution in [2.24, 2.45) is 0 Å². The van der Waals surface area contributed by atoms with Crippen molar-refractivity contribution in [3.63, 3.8) is 0 Å². The van der Waals surface area contributed by atoms with E-state index in [0.717, 1.165) is 5.22 Å². The number of esters is 1. The molecule has 0 N–H and O–H groups in total. The molecule has 1 aliphatic rings. The van der Waals surface area contributed by atoms with Crippen molar-refractivity contribution in [1.82, 2.24) is 0 Å². The molecule has 0 unspecified atom stereocenters. The minimum absolute atomic E-state index is 0.237. The lowest BCUT2D eigenvalue weighted by Gasteiger charge is -1.94. The quantitative estimate of drug-likeness (QED) is 0.438. The average Bonchev–Trinajstić information content (AvgIpc) is 2.42. The van der Waals surface area contributed by atoms with E-state index in [0.29, 0.717) is 11.0 Å². The van der Waals surface area contributed by atoms with Gasteiger partial charge in [-0.05, 0) is 11.3 Å². The van der Waals surface area contributed by atoms with Crippen LogP contribution in [0.5, 0.6) is 5.75 Å². The Hall–Kier alpha value is -1.77. The highest BCUT2D eigenvalue weighted by atomic mass is 16.6. The topological polar surface area (TPSA) is 35.5 Å². The number of carbonyl (C=O) groups is 1. The van der Waals surface area contributed by atoms with E-state index >= 15 is 0 Å². The van der Waals surface area contributed by atoms with Gasteiger partial charge >= 0.3 is 5.97 Å². The van der Waals surface area contributed by atoms with Gasteiger partial charge in [-0.3, -0.25) is 0 Å². The molecule has 66 valence electrons. The van der Waals surface area contributed by atoms with Gasteiger partial charge in [0.25, 0.3) is 0 Å². The molecule has 0 aliphatic carbocycles. The van der Waals surface area contributed by atoms with E-state index in [4.69, 9.17) is 9.47 Å². The molecule has 3 nitrogen and oxygen atoms in total. The predicted molar refractivity (Wildman–Crippen MR) is 47.3 cm³/mol. The summed E-state index contributed by atoms with van der Waals surface area (Å²) in [5.41, 5.74) is 0. The number of fused-ring (bicyclic) bond motifs is 1. The minimum Gasteiger partial charge on any atom is -0.489 e. The second-order valence-electron chi connectivity index (χ2n) is 2.71. The summed E-state index contributed by atoms with van der Waals surface area (Å²) < 4.78 is 9.88. The van der Waals surface area contributed by atoms with E-state index in [1.807, 2.05) is 0 Å². The van der Waals surface area contributed by atoms with Crippen molar-refractivity contribution in [3.05, 3.63) is 28.6 Å². The normalized spacial score (nSPS) is 13.9. The van der Waals surface area contributed by atoms with Crippen LogP contribution in [0.3, 0.4) is 0 Å². The van der Waals surface area contributed by atoms with Gasteiger partial charge in [0.05, 0.1) is 12.3 Å². The number of methoxy groups -OCH3 is 1. The van der Waals surface area contributed by atoms with Gasteiger partial charge in [-0.25, -0.2) is 4.79 Å². The molecule has 0 amide bonds. The van der Waals surface area contributed by atoms with E-state index in [1.54, 1.807) is 18.2 Å². The molecule has 1 aliphatic heterocycles. The van der Waals surface area contributed by atoms with Crippen LogP contribution < -0.4 is 15.2 Å². The van der Waals surface area contributed by atoms with Crippen molar-refractivity contribution in [3.8, 4) is 5.75 Å². The summed E-state index contributed by atoms with van der Waals surface area (Å²) in [6.07, 6.45) is 0. The zero-order valence-electron chi connectivity index (χ0n) is 7.16. The first-order valence-electron chi connectivity index (χ1n) is 3.82. The molecule has 0 radical (unpaired) electrons. The molecule has 0 spiro atoms. The number of carbonyl (C=O) groups excluding carboxylic acids is 1. The van der Waals surface area contributed by atoms with E-state index < -0.39 is 5.97 Å². The molecule has 0 atom stereocenters. The minimum atomic E-state index is -0.450. The largest absolute Gasteiger partial charge is 0.489 e. The number of rotatable bonds is 1. The number of benzene rings is 1. The third kappa shape index (κ3) is 1.01. The summed E-state index contributed by atoms with van der Waals surface area (Å²) in [6.45, 7) is 3.79. The molecule has 0 saturated heterocycles. The molecule has 1 aromatic rings. The third-order valence-electron chi connectivity index (χ3n) is 1.93. The van der Waals surface area contributed by atoms with Crippen LogP contribution in [-0.4, -0.2) is 13.1 Å².